The van der Waals surface area contributed by atoms with Gasteiger partial charge in [0.05, 0.1) is 5.39 Å². The highest BCUT2D eigenvalue weighted by Crippen LogP contribution is 2.12. The van der Waals surface area contributed by atoms with Crippen molar-refractivity contribution in [3.05, 3.63) is 46.6 Å². The third kappa shape index (κ3) is 1.13. The zero-order valence-corrected chi connectivity index (χ0v) is 7.12. The molecule has 0 bridgehead atoms. The number of nitrogens with zero attached hydrogens (tertiary/aromatic N) is 1. The van der Waals surface area contributed by atoms with E-state index in [1.165, 1.54) is 10.6 Å². The summed E-state index contributed by atoms with van der Waals surface area (Å²) in [6.07, 6.45) is 1.56. The second kappa shape index (κ2) is 2.69. The van der Waals surface area contributed by atoms with E-state index in [0.29, 0.717) is 10.8 Å². The number of halogens is 1. The second-order valence-electron chi connectivity index (χ2n) is 2.93. The molecule has 0 spiro atoms. The Balaban J connectivity index is 3.03. The van der Waals surface area contributed by atoms with Gasteiger partial charge in [-0.2, -0.15) is 0 Å². The van der Waals surface area contributed by atoms with Crippen molar-refractivity contribution in [2.75, 3.05) is 0 Å². The van der Waals surface area contributed by atoms with Crippen LogP contribution in [0.2, 0.25) is 0 Å². The zero-order valence-electron chi connectivity index (χ0n) is 7.12. The van der Waals surface area contributed by atoms with Crippen LogP contribution in [0.25, 0.3) is 10.8 Å². The van der Waals surface area contributed by atoms with E-state index in [2.05, 4.69) is 0 Å². The van der Waals surface area contributed by atoms with Crippen LogP contribution >= 0.6 is 0 Å². The molecule has 1 aromatic carbocycles. The minimum atomic E-state index is -0.352. The molecule has 0 radical (unpaired) electrons. The van der Waals surface area contributed by atoms with Gasteiger partial charge in [-0.25, -0.2) is 4.39 Å². The zero-order chi connectivity index (χ0) is 9.42. The molecule has 0 aliphatic carbocycles. The first-order valence-electron chi connectivity index (χ1n) is 3.94. The van der Waals surface area contributed by atoms with Gasteiger partial charge in [-0.15, -0.1) is 0 Å². The van der Waals surface area contributed by atoms with Gasteiger partial charge in [-0.3, -0.25) is 4.79 Å². The first-order chi connectivity index (χ1) is 6.20. The van der Waals surface area contributed by atoms with Crippen LogP contribution in [-0.2, 0) is 7.05 Å². The maximum Gasteiger partial charge on any atom is 0.258 e. The molecule has 2 aromatic rings. The Morgan fingerprint density at radius 1 is 1.23 bits per heavy atom. The van der Waals surface area contributed by atoms with Crippen molar-refractivity contribution in [1.29, 1.82) is 0 Å². The van der Waals surface area contributed by atoms with Crippen molar-refractivity contribution in [1.82, 2.24) is 4.57 Å². The smallest absolute Gasteiger partial charge is 0.258 e. The number of aromatic nitrogens is 1. The third-order valence-corrected chi connectivity index (χ3v) is 2.07. The fourth-order valence-electron chi connectivity index (χ4n) is 1.34. The Kier molecular flexibility index (Phi) is 1.65. The van der Waals surface area contributed by atoms with Crippen LogP contribution in [0.3, 0.4) is 0 Å². The lowest BCUT2D eigenvalue weighted by atomic mass is 10.1. The van der Waals surface area contributed by atoms with Gasteiger partial charge in [-0.05, 0) is 18.2 Å². The van der Waals surface area contributed by atoms with E-state index < -0.39 is 0 Å². The van der Waals surface area contributed by atoms with Crippen LogP contribution in [0.1, 0.15) is 0 Å². The molecule has 0 amide bonds. The van der Waals surface area contributed by atoms with E-state index in [1.54, 1.807) is 31.4 Å². The number of rotatable bonds is 0. The normalized spacial score (nSPS) is 10.6. The van der Waals surface area contributed by atoms with Crippen molar-refractivity contribution < 1.29 is 4.39 Å². The molecule has 3 heteroatoms. The first-order valence-corrected chi connectivity index (χ1v) is 3.94. The molecule has 0 aliphatic rings. The van der Waals surface area contributed by atoms with Gasteiger partial charge < -0.3 is 4.57 Å². The molecule has 66 valence electrons. The minimum absolute atomic E-state index is 0.169. The van der Waals surface area contributed by atoms with Crippen molar-refractivity contribution in [2.24, 2.45) is 7.05 Å². The molecular formula is C10H8FNO. The third-order valence-electron chi connectivity index (χ3n) is 2.07. The van der Waals surface area contributed by atoms with Gasteiger partial charge in [0.1, 0.15) is 5.82 Å². The predicted octanol–water partition coefficient (Wildman–Crippen LogP) is 1.68. The molecule has 1 aromatic heterocycles. The molecule has 0 saturated heterocycles. The standard InChI is InChI=1S/C10H8FNO/c1-12-6-5-7-8(10(12)13)3-2-4-9(7)11/h2-6H,1H3. The van der Waals surface area contributed by atoms with E-state index in [-0.39, 0.29) is 11.4 Å². The molecule has 0 aliphatic heterocycles. The number of hydrogen-bond donors (Lipinski definition) is 0. The van der Waals surface area contributed by atoms with Crippen LogP contribution in [-0.4, -0.2) is 4.57 Å². The Morgan fingerprint density at radius 3 is 2.77 bits per heavy atom. The lowest BCUT2D eigenvalue weighted by molar-refractivity contribution is 0.639. The fourth-order valence-corrected chi connectivity index (χ4v) is 1.34. The topological polar surface area (TPSA) is 22.0 Å². The molecule has 0 N–H and O–H groups in total. The molecule has 0 atom stereocenters. The molecule has 0 saturated carbocycles. The van der Waals surface area contributed by atoms with Crippen LogP contribution < -0.4 is 5.56 Å². The van der Waals surface area contributed by atoms with Crippen molar-refractivity contribution >= 4 is 10.8 Å². The molecular weight excluding hydrogens is 169 g/mol. The van der Waals surface area contributed by atoms with Gasteiger partial charge in [0, 0.05) is 18.6 Å². The molecule has 2 nitrogen and oxygen atoms in total. The highest BCUT2D eigenvalue weighted by molar-refractivity contribution is 5.81. The second-order valence-corrected chi connectivity index (χ2v) is 2.93. The number of pyridine rings is 1. The highest BCUT2D eigenvalue weighted by Gasteiger charge is 2.03. The maximum atomic E-state index is 13.1. The number of hydrogen-bond acceptors (Lipinski definition) is 1. The molecule has 1 heterocycles. The van der Waals surface area contributed by atoms with Gasteiger partial charge in [0.25, 0.3) is 5.56 Å². The SMILES string of the molecule is Cn1ccc2c(F)cccc2c1=O. The largest absolute Gasteiger partial charge is 0.318 e. The lowest BCUT2D eigenvalue weighted by Crippen LogP contribution is -2.15. The Morgan fingerprint density at radius 2 is 2.00 bits per heavy atom. The van der Waals surface area contributed by atoms with Crippen LogP contribution in [0, 0.1) is 5.82 Å². The maximum absolute atomic E-state index is 13.1. The Bertz CT molecular complexity index is 516. The van der Waals surface area contributed by atoms with Gasteiger partial charge >= 0.3 is 0 Å². The van der Waals surface area contributed by atoms with Crippen molar-refractivity contribution in [2.45, 2.75) is 0 Å². The quantitative estimate of drug-likeness (QED) is 0.600. The number of fused-ring (bicyclic) bond motifs is 1. The summed E-state index contributed by atoms with van der Waals surface area (Å²) in [6.45, 7) is 0. The Labute approximate surface area is 74.2 Å². The summed E-state index contributed by atoms with van der Waals surface area (Å²) < 4.78 is 14.6. The summed E-state index contributed by atoms with van der Waals surface area (Å²) in [7, 11) is 1.65. The number of benzene rings is 1. The van der Waals surface area contributed by atoms with Crippen LogP contribution in [0.15, 0.2) is 35.3 Å². The van der Waals surface area contributed by atoms with Crippen molar-refractivity contribution in [3.8, 4) is 0 Å². The van der Waals surface area contributed by atoms with Crippen molar-refractivity contribution in [3.63, 3.8) is 0 Å². The molecule has 0 fully saturated rings. The van der Waals surface area contributed by atoms with Gasteiger partial charge in [-0.1, -0.05) is 6.07 Å². The first kappa shape index (κ1) is 7.98. The van der Waals surface area contributed by atoms with Gasteiger partial charge in [0.15, 0.2) is 0 Å². The van der Waals surface area contributed by atoms with Crippen LogP contribution in [0.4, 0.5) is 4.39 Å². The summed E-state index contributed by atoms with van der Waals surface area (Å²) in [5.74, 6) is -0.352. The summed E-state index contributed by atoms with van der Waals surface area (Å²) in [5, 5.41) is 0.801. The van der Waals surface area contributed by atoms with Gasteiger partial charge in [0.2, 0.25) is 0 Å². The van der Waals surface area contributed by atoms with E-state index in [4.69, 9.17) is 0 Å². The predicted molar refractivity (Wildman–Crippen MR) is 49.1 cm³/mol. The summed E-state index contributed by atoms with van der Waals surface area (Å²) >= 11 is 0. The van der Waals surface area contributed by atoms with E-state index in [1.807, 2.05) is 0 Å². The molecule has 0 unspecified atom stereocenters. The Hall–Kier alpha value is -1.64. The molecule has 2 rings (SSSR count). The monoisotopic (exact) mass is 177 g/mol. The lowest BCUT2D eigenvalue weighted by Gasteiger charge is -2.00. The average molecular weight is 177 g/mol. The van der Waals surface area contributed by atoms with Crippen LogP contribution in [0.5, 0.6) is 0 Å². The van der Waals surface area contributed by atoms with E-state index in [9.17, 15) is 9.18 Å². The molecule has 13 heavy (non-hydrogen) atoms. The summed E-state index contributed by atoms with van der Waals surface area (Å²) in [4.78, 5) is 11.5. The minimum Gasteiger partial charge on any atom is -0.318 e. The van der Waals surface area contributed by atoms with E-state index >= 15 is 0 Å². The van der Waals surface area contributed by atoms with E-state index in [0.717, 1.165) is 0 Å². The number of aryl methyl sites for hydroxylation is 1. The highest BCUT2D eigenvalue weighted by atomic mass is 19.1. The summed E-state index contributed by atoms with van der Waals surface area (Å²) in [5.41, 5.74) is -0.169. The average Bonchev–Trinajstić information content (AvgIpc) is 2.12. The fraction of sp³-hybridized carbons (Fsp3) is 0.100. The summed E-state index contributed by atoms with van der Waals surface area (Å²) in [6, 6.07) is 6.12.